The summed E-state index contributed by atoms with van der Waals surface area (Å²) in [5.41, 5.74) is -0.305. The van der Waals surface area contributed by atoms with Gasteiger partial charge in [-0.1, -0.05) is 19.1 Å². The van der Waals surface area contributed by atoms with Crippen LogP contribution in [-0.4, -0.2) is 41.5 Å². The van der Waals surface area contributed by atoms with Gasteiger partial charge in [0.25, 0.3) is 0 Å². The van der Waals surface area contributed by atoms with Crippen LogP contribution in [0.15, 0.2) is 24.3 Å². The van der Waals surface area contributed by atoms with Crippen LogP contribution in [-0.2, 0) is 15.8 Å². The van der Waals surface area contributed by atoms with Crippen molar-refractivity contribution in [1.82, 2.24) is 10.2 Å². The SMILES string of the molecule is CCN(CC(=O)NCC(=O)O)C(C)c1cccc(C(F)(F)F)c1. The van der Waals surface area contributed by atoms with E-state index in [1.807, 2.05) is 0 Å². The molecule has 0 spiro atoms. The first-order valence-electron chi connectivity index (χ1n) is 7.04. The molecule has 1 amide bonds. The molecule has 0 fully saturated rings. The van der Waals surface area contributed by atoms with E-state index < -0.39 is 36.2 Å². The van der Waals surface area contributed by atoms with Crippen molar-refractivity contribution in [2.45, 2.75) is 26.1 Å². The minimum atomic E-state index is -4.42. The lowest BCUT2D eigenvalue weighted by Gasteiger charge is -2.28. The highest BCUT2D eigenvalue weighted by atomic mass is 19.4. The van der Waals surface area contributed by atoms with Crippen LogP contribution in [0.3, 0.4) is 0 Å². The molecule has 0 bridgehead atoms. The van der Waals surface area contributed by atoms with Gasteiger partial charge in [0, 0.05) is 6.04 Å². The number of carboxylic acids is 1. The summed E-state index contributed by atoms with van der Waals surface area (Å²) in [7, 11) is 0. The van der Waals surface area contributed by atoms with Gasteiger partial charge in [-0.25, -0.2) is 0 Å². The molecule has 23 heavy (non-hydrogen) atoms. The fourth-order valence-electron chi connectivity index (χ4n) is 2.12. The van der Waals surface area contributed by atoms with E-state index in [1.165, 1.54) is 6.07 Å². The third-order valence-corrected chi connectivity index (χ3v) is 3.43. The Kier molecular flexibility index (Phi) is 6.56. The molecule has 5 nitrogen and oxygen atoms in total. The number of halogens is 3. The third-order valence-electron chi connectivity index (χ3n) is 3.43. The van der Waals surface area contributed by atoms with E-state index in [4.69, 9.17) is 5.11 Å². The van der Waals surface area contributed by atoms with Crippen molar-refractivity contribution in [1.29, 1.82) is 0 Å². The average Bonchev–Trinajstić information content (AvgIpc) is 2.49. The Balaban J connectivity index is 2.82. The molecular formula is C15H19F3N2O3. The fourth-order valence-corrected chi connectivity index (χ4v) is 2.12. The summed E-state index contributed by atoms with van der Waals surface area (Å²) in [6.07, 6.45) is -4.42. The number of nitrogens with one attached hydrogen (secondary N) is 1. The van der Waals surface area contributed by atoms with E-state index in [-0.39, 0.29) is 6.54 Å². The lowest BCUT2D eigenvalue weighted by atomic mass is 10.0. The van der Waals surface area contributed by atoms with E-state index in [2.05, 4.69) is 5.32 Å². The summed E-state index contributed by atoms with van der Waals surface area (Å²) in [6.45, 7) is 3.31. The molecule has 1 rings (SSSR count). The van der Waals surface area contributed by atoms with Gasteiger partial charge in [0.05, 0.1) is 12.1 Å². The van der Waals surface area contributed by atoms with Crippen molar-refractivity contribution in [3.8, 4) is 0 Å². The molecule has 128 valence electrons. The number of benzene rings is 1. The Bertz CT molecular complexity index is 561. The maximum Gasteiger partial charge on any atom is 0.416 e. The molecule has 0 aromatic heterocycles. The Labute approximate surface area is 132 Å². The molecule has 0 saturated heterocycles. The quantitative estimate of drug-likeness (QED) is 0.804. The van der Waals surface area contributed by atoms with E-state index in [0.29, 0.717) is 12.1 Å². The molecule has 0 radical (unpaired) electrons. The van der Waals surface area contributed by atoms with E-state index >= 15 is 0 Å². The number of alkyl halides is 3. The van der Waals surface area contributed by atoms with Gasteiger partial charge in [-0.2, -0.15) is 13.2 Å². The van der Waals surface area contributed by atoms with Crippen molar-refractivity contribution < 1.29 is 27.9 Å². The summed E-state index contributed by atoms with van der Waals surface area (Å²) in [4.78, 5) is 23.8. The largest absolute Gasteiger partial charge is 0.480 e. The van der Waals surface area contributed by atoms with Crippen LogP contribution in [0.1, 0.15) is 31.0 Å². The number of nitrogens with zero attached hydrogens (tertiary/aromatic N) is 1. The summed E-state index contributed by atoms with van der Waals surface area (Å²) in [6, 6.07) is 4.53. The van der Waals surface area contributed by atoms with Crippen LogP contribution in [0.2, 0.25) is 0 Å². The zero-order valence-corrected chi connectivity index (χ0v) is 12.9. The molecule has 0 saturated carbocycles. The van der Waals surface area contributed by atoms with Crippen molar-refractivity contribution in [2.24, 2.45) is 0 Å². The second-order valence-electron chi connectivity index (χ2n) is 5.03. The normalized spacial score (nSPS) is 13.0. The maximum atomic E-state index is 12.8. The van der Waals surface area contributed by atoms with Gasteiger partial charge in [-0.3, -0.25) is 14.5 Å². The maximum absolute atomic E-state index is 12.8. The molecule has 0 aliphatic rings. The minimum Gasteiger partial charge on any atom is -0.480 e. The van der Waals surface area contributed by atoms with Crippen molar-refractivity contribution in [3.63, 3.8) is 0 Å². The van der Waals surface area contributed by atoms with E-state index in [9.17, 15) is 22.8 Å². The molecule has 2 N–H and O–H groups in total. The smallest absolute Gasteiger partial charge is 0.416 e. The highest BCUT2D eigenvalue weighted by Gasteiger charge is 2.31. The highest BCUT2D eigenvalue weighted by molar-refractivity contribution is 5.82. The molecular weight excluding hydrogens is 313 g/mol. The molecule has 8 heteroatoms. The Morgan fingerprint density at radius 1 is 1.35 bits per heavy atom. The van der Waals surface area contributed by atoms with Gasteiger partial charge in [-0.15, -0.1) is 0 Å². The molecule has 1 aromatic carbocycles. The topological polar surface area (TPSA) is 69.6 Å². The fraction of sp³-hybridized carbons (Fsp3) is 0.467. The lowest BCUT2D eigenvalue weighted by Crippen LogP contribution is -2.40. The number of amides is 1. The number of hydrogen-bond donors (Lipinski definition) is 2. The number of rotatable bonds is 7. The zero-order chi connectivity index (χ0) is 17.6. The second kappa shape index (κ2) is 7.96. The first-order valence-corrected chi connectivity index (χ1v) is 7.04. The molecule has 1 atom stereocenters. The average molecular weight is 332 g/mol. The predicted octanol–water partition coefficient (Wildman–Crippen LogP) is 2.29. The van der Waals surface area contributed by atoms with Gasteiger partial charge >= 0.3 is 12.1 Å². The van der Waals surface area contributed by atoms with Crippen LogP contribution in [0.25, 0.3) is 0 Å². The number of carboxylic acid groups (broad SMARTS) is 1. The monoisotopic (exact) mass is 332 g/mol. The van der Waals surface area contributed by atoms with Gasteiger partial charge < -0.3 is 10.4 Å². The van der Waals surface area contributed by atoms with E-state index in [0.717, 1.165) is 12.1 Å². The summed E-state index contributed by atoms with van der Waals surface area (Å²) < 4.78 is 38.3. The molecule has 0 aliphatic carbocycles. The number of likely N-dealkylation sites (N-methyl/N-ethyl adjacent to an activating group) is 1. The molecule has 1 unspecified atom stereocenters. The first-order chi connectivity index (χ1) is 10.6. The Morgan fingerprint density at radius 3 is 2.52 bits per heavy atom. The molecule has 1 aromatic rings. The van der Waals surface area contributed by atoms with Crippen LogP contribution in [0.4, 0.5) is 13.2 Å². The second-order valence-corrected chi connectivity index (χ2v) is 5.03. The van der Waals surface area contributed by atoms with Crippen molar-refractivity contribution >= 4 is 11.9 Å². The van der Waals surface area contributed by atoms with Gasteiger partial charge in [0.2, 0.25) is 5.91 Å². The summed E-state index contributed by atoms with van der Waals surface area (Å²) in [5, 5.41) is 10.7. The van der Waals surface area contributed by atoms with Gasteiger partial charge in [0.15, 0.2) is 0 Å². The zero-order valence-electron chi connectivity index (χ0n) is 12.9. The first kappa shape index (κ1) is 19.0. The Morgan fingerprint density at radius 2 is 2.00 bits per heavy atom. The summed E-state index contributed by atoms with van der Waals surface area (Å²) in [5.74, 6) is -1.65. The van der Waals surface area contributed by atoms with Crippen LogP contribution in [0.5, 0.6) is 0 Å². The van der Waals surface area contributed by atoms with Gasteiger partial charge in [0.1, 0.15) is 6.54 Å². The van der Waals surface area contributed by atoms with Crippen LogP contribution < -0.4 is 5.32 Å². The standard InChI is InChI=1S/C15H19F3N2O3/c1-3-20(9-13(21)19-8-14(22)23)10(2)11-5-4-6-12(7-11)15(16,17)18/h4-7,10H,3,8-9H2,1-2H3,(H,19,21)(H,22,23). The number of carbonyl (C=O) groups excluding carboxylic acids is 1. The number of hydrogen-bond acceptors (Lipinski definition) is 3. The van der Waals surface area contributed by atoms with Crippen molar-refractivity contribution in [3.05, 3.63) is 35.4 Å². The highest BCUT2D eigenvalue weighted by Crippen LogP contribution is 2.31. The number of carbonyl (C=O) groups is 2. The third kappa shape index (κ3) is 5.90. The van der Waals surface area contributed by atoms with Gasteiger partial charge in [-0.05, 0) is 31.2 Å². The van der Waals surface area contributed by atoms with Crippen LogP contribution >= 0.6 is 0 Å². The molecule has 0 aliphatic heterocycles. The van der Waals surface area contributed by atoms with E-state index in [1.54, 1.807) is 24.8 Å². The number of aliphatic carboxylic acids is 1. The Hall–Kier alpha value is -2.09. The van der Waals surface area contributed by atoms with Crippen LogP contribution in [0, 0.1) is 0 Å². The lowest BCUT2D eigenvalue weighted by molar-refractivity contribution is -0.138. The predicted molar refractivity (Wildman–Crippen MR) is 77.8 cm³/mol. The molecule has 0 heterocycles. The summed E-state index contributed by atoms with van der Waals surface area (Å²) >= 11 is 0. The minimum absolute atomic E-state index is 0.0960. The van der Waals surface area contributed by atoms with Crippen molar-refractivity contribution in [2.75, 3.05) is 19.6 Å².